The van der Waals surface area contributed by atoms with Crippen LogP contribution in [-0.2, 0) is 0 Å². The molecule has 1 amide bonds. The van der Waals surface area contributed by atoms with Crippen molar-refractivity contribution < 1.29 is 9.90 Å². The molecule has 0 aromatic heterocycles. The average molecular weight is 286 g/mol. The number of aryl methyl sites for hydroxylation is 1. The van der Waals surface area contributed by atoms with E-state index >= 15 is 0 Å². The number of aliphatic hydroxyl groups is 1. The monoisotopic (exact) mass is 286 g/mol. The Labute approximate surface area is 126 Å². The fourth-order valence-corrected chi connectivity index (χ4v) is 2.46. The van der Waals surface area contributed by atoms with Gasteiger partial charge in [0.05, 0.1) is 0 Å². The van der Waals surface area contributed by atoms with E-state index in [0.717, 1.165) is 43.7 Å². The third kappa shape index (κ3) is 4.07. The topological polar surface area (TPSA) is 43.8 Å². The number of hydrogen-bond acceptors (Lipinski definition) is 3. The maximum Gasteiger partial charge on any atom is 0.253 e. The summed E-state index contributed by atoms with van der Waals surface area (Å²) in [6.07, 6.45) is 1.01. The van der Waals surface area contributed by atoms with Crippen molar-refractivity contribution >= 4 is 5.91 Å². The molecule has 0 radical (unpaired) electrons. The third-order valence-corrected chi connectivity index (χ3v) is 3.79. The molecule has 2 rings (SSSR count). The predicted molar refractivity (Wildman–Crippen MR) is 83.2 cm³/mol. The number of amides is 1. The largest absolute Gasteiger partial charge is 0.384 e. The first-order chi connectivity index (χ1) is 10.1. The molecular weight excluding hydrogens is 264 g/mol. The molecule has 0 aliphatic carbocycles. The van der Waals surface area contributed by atoms with Crippen molar-refractivity contribution in [2.24, 2.45) is 0 Å². The average Bonchev–Trinajstić information content (AvgIpc) is 2.70. The minimum absolute atomic E-state index is 0.0670. The van der Waals surface area contributed by atoms with E-state index in [1.165, 1.54) is 0 Å². The summed E-state index contributed by atoms with van der Waals surface area (Å²) in [6, 6.07) is 5.60. The first-order valence-corrected chi connectivity index (χ1v) is 7.30. The van der Waals surface area contributed by atoms with Crippen LogP contribution in [0.4, 0.5) is 0 Å². The Morgan fingerprint density at radius 2 is 2.10 bits per heavy atom. The molecule has 1 aromatic rings. The summed E-state index contributed by atoms with van der Waals surface area (Å²) in [4.78, 5) is 16.8. The van der Waals surface area contributed by atoms with Crippen LogP contribution in [0, 0.1) is 18.8 Å². The summed E-state index contributed by atoms with van der Waals surface area (Å²) in [7, 11) is 2.09. The molecule has 0 spiro atoms. The van der Waals surface area contributed by atoms with E-state index in [1.54, 1.807) is 0 Å². The van der Waals surface area contributed by atoms with E-state index in [1.807, 2.05) is 30.0 Å². The third-order valence-electron chi connectivity index (χ3n) is 3.79. The lowest BCUT2D eigenvalue weighted by Gasteiger charge is -2.21. The number of hydrogen-bond donors (Lipinski definition) is 1. The minimum Gasteiger partial charge on any atom is -0.384 e. The first-order valence-electron chi connectivity index (χ1n) is 7.30. The van der Waals surface area contributed by atoms with Crippen LogP contribution in [0.2, 0.25) is 0 Å². The van der Waals surface area contributed by atoms with Gasteiger partial charge in [-0.05, 0) is 44.6 Å². The smallest absolute Gasteiger partial charge is 0.253 e. The summed E-state index contributed by atoms with van der Waals surface area (Å²) in [5.74, 6) is 5.61. The maximum absolute atomic E-state index is 12.6. The summed E-state index contributed by atoms with van der Waals surface area (Å²) < 4.78 is 0. The standard InChI is InChI=1S/C17H22N2O2/c1-14-6-7-16(13-15(14)5-3-12-20)17(21)19-9-4-8-18(2)10-11-19/h6-7,13,20H,4,8-12H2,1-2H3. The van der Waals surface area contributed by atoms with Crippen LogP contribution in [0.3, 0.4) is 0 Å². The van der Waals surface area contributed by atoms with Crippen LogP contribution in [0.5, 0.6) is 0 Å². The number of carbonyl (C=O) groups excluding carboxylic acids is 1. The van der Waals surface area contributed by atoms with Crippen molar-refractivity contribution in [3.05, 3.63) is 34.9 Å². The highest BCUT2D eigenvalue weighted by atomic mass is 16.2. The fourth-order valence-electron chi connectivity index (χ4n) is 2.46. The first kappa shape index (κ1) is 15.6. The number of likely N-dealkylation sites (N-methyl/N-ethyl adjacent to an activating group) is 1. The van der Waals surface area contributed by atoms with Crippen molar-refractivity contribution in [1.29, 1.82) is 0 Å². The second kappa shape index (κ2) is 7.26. The fraction of sp³-hybridized carbons (Fsp3) is 0.471. The Kier molecular flexibility index (Phi) is 5.38. The van der Waals surface area contributed by atoms with Gasteiger partial charge in [-0.15, -0.1) is 0 Å². The molecule has 0 unspecified atom stereocenters. The lowest BCUT2D eigenvalue weighted by Crippen LogP contribution is -2.34. The molecule has 1 aliphatic heterocycles. The van der Waals surface area contributed by atoms with Gasteiger partial charge in [0.2, 0.25) is 0 Å². The zero-order valence-corrected chi connectivity index (χ0v) is 12.7. The Hall–Kier alpha value is -1.83. The van der Waals surface area contributed by atoms with Gasteiger partial charge in [-0.2, -0.15) is 0 Å². The molecule has 0 saturated carbocycles. The maximum atomic E-state index is 12.6. The van der Waals surface area contributed by atoms with Crippen molar-refractivity contribution in [3.63, 3.8) is 0 Å². The second-order valence-electron chi connectivity index (χ2n) is 5.44. The molecule has 4 nitrogen and oxygen atoms in total. The highest BCUT2D eigenvalue weighted by Gasteiger charge is 2.19. The quantitative estimate of drug-likeness (QED) is 0.787. The summed E-state index contributed by atoms with van der Waals surface area (Å²) in [5.41, 5.74) is 2.50. The van der Waals surface area contributed by atoms with E-state index in [2.05, 4.69) is 23.8 Å². The Balaban J connectivity index is 2.18. The van der Waals surface area contributed by atoms with Crippen molar-refractivity contribution in [2.75, 3.05) is 39.8 Å². The molecule has 1 N–H and O–H groups in total. The summed E-state index contributed by atoms with van der Waals surface area (Å²) >= 11 is 0. The molecule has 1 heterocycles. The van der Waals surface area contributed by atoms with Gasteiger partial charge in [0, 0.05) is 30.8 Å². The lowest BCUT2D eigenvalue weighted by atomic mass is 10.0. The molecule has 1 aliphatic rings. The normalized spacial score (nSPS) is 16.0. The van der Waals surface area contributed by atoms with Gasteiger partial charge in [-0.1, -0.05) is 17.9 Å². The zero-order chi connectivity index (χ0) is 15.2. The minimum atomic E-state index is -0.171. The van der Waals surface area contributed by atoms with Crippen LogP contribution >= 0.6 is 0 Å². The van der Waals surface area contributed by atoms with Gasteiger partial charge < -0.3 is 14.9 Å². The number of rotatable bonds is 1. The number of nitrogens with zero attached hydrogens (tertiary/aromatic N) is 2. The molecule has 0 bridgehead atoms. The summed E-state index contributed by atoms with van der Waals surface area (Å²) in [5, 5.41) is 8.80. The van der Waals surface area contributed by atoms with Crippen LogP contribution < -0.4 is 0 Å². The van der Waals surface area contributed by atoms with Gasteiger partial charge >= 0.3 is 0 Å². The summed E-state index contributed by atoms with van der Waals surface area (Å²) in [6.45, 7) is 5.29. The van der Waals surface area contributed by atoms with Crippen LogP contribution in [0.1, 0.15) is 27.9 Å². The number of carbonyl (C=O) groups is 1. The van der Waals surface area contributed by atoms with Gasteiger partial charge in [-0.25, -0.2) is 0 Å². The van der Waals surface area contributed by atoms with Crippen molar-refractivity contribution in [2.45, 2.75) is 13.3 Å². The van der Waals surface area contributed by atoms with Gasteiger partial charge in [0.1, 0.15) is 6.61 Å². The van der Waals surface area contributed by atoms with Crippen molar-refractivity contribution in [3.8, 4) is 11.8 Å². The molecule has 0 atom stereocenters. The molecule has 1 aromatic carbocycles. The van der Waals surface area contributed by atoms with E-state index < -0.39 is 0 Å². The Morgan fingerprint density at radius 1 is 1.29 bits per heavy atom. The van der Waals surface area contributed by atoms with E-state index in [4.69, 9.17) is 5.11 Å². The Morgan fingerprint density at radius 3 is 2.86 bits per heavy atom. The zero-order valence-electron chi connectivity index (χ0n) is 12.7. The van der Waals surface area contributed by atoms with Gasteiger partial charge in [-0.3, -0.25) is 4.79 Å². The predicted octanol–water partition coefficient (Wildman–Crippen LogP) is 1.12. The lowest BCUT2D eigenvalue weighted by molar-refractivity contribution is 0.0763. The molecule has 4 heteroatoms. The SMILES string of the molecule is Cc1ccc(C(=O)N2CCCN(C)CC2)cc1C#CCO. The molecular formula is C17H22N2O2. The van der Waals surface area contributed by atoms with E-state index in [-0.39, 0.29) is 12.5 Å². The molecule has 112 valence electrons. The molecule has 1 fully saturated rings. The second-order valence-corrected chi connectivity index (χ2v) is 5.44. The highest BCUT2D eigenvalue weighted by molar-refractivity contribution is 5.94. The Bertz CT molecular complexity index is 572. The van der Waals surface area contributed by atoms with Crippen molar-refractivity contribution in [1.82, 2.24) is 9.80 Å². The van der Waals surface area contributed by atoms with Crippen LogP contribution in [0.15, 0.2) is 18.2 Å². The molecule has 21 heavy (non-hydrogen) atoms. The molecule has 1 saturated heterocycles. The van der Waals surface area contributed by atoms with Gasteiger partial charge in [0.25, 0.3) is 5.91 Å². The van der Waals surface area contributed by atoms with E-state index in [0.29, 0.717) is 5.56 Å². The van der Waals surface area contributed by atoms with E-state index in [9.17, 15) is 4.79 Å². The number of aliphatic hydroxyl groups excluding tert-OH is 1. The van der Waals surface area contributed by atoms with Gasteiger partial charge in [0.15, 0.2) is 0 Å². The number of benzene rings is 1. The van der Waals surface area contributed by atoms with Crippen LogP contribution in [-0.4, -0.2) is 60.6 Å². The van der Waals surface area contributed by atoms with Crippen LogP contribution in [0.25, 0.3) is 0 Å². The highest BCUT2D eigenvalue weighted by Crippen LogP contribution is 2.14.